The van der Waals surface area contributed by atoms with Gasteiger partial charge in [-0.2, -0.15) is 0 Å². The summed E-state index contributed by atoms with van der Waals surface area (Å²) in [6.45, 7) is 0.189. The van der Waals surface area contributed by atoms with Crippen LogP contribution in [0, 0.1) is 5.92 Å². The molecular weight excluding hydrogens is 436 g/mol. The van der Waals surface area contributed by atoms with Crippen molar-refractivity contribution >= 4 is 18.0 Å². The van der Waals surface area contributed by atoms with Crippen molar-refractivity contribution in [2.45, 2.75) is 49.8 Å². The quantitative estimate of drug-likeness (QED) is 0.627. The number of β-amino-alcohol motifs (C(OH)–C–C–N with tert-alkyl or cyclic N) is 1. The van der Waals surface area contributed by atoms with Gasteiger partial charge in [-0.15, -0.1) is 0 Å². The molecule has 34 heavy (non-hydrogen) atoms. The van der Waals surface area contributed by atoms with Crippen molar-refractivity contribution in [1.82, 2.24) is 10.2 Å². The Morgan fingerprint density at radius 3 is 2.29 bits per heavy atom. The fraction of sp³-hybridized carbons (Fsp3) is 0.423. The lowest BCUT2D eigenvalue weighted by atomic mass is 9.98. The number of hydrogen-bond donors (Lipinski definition) is 3. The summed E-state index contributed by atoms with van der Waals surface area (Å²) >= 11 is 0. The number of fused-ring (bicyclic) bond motifs is 3. The SMILES string of the molecule is O=C(NC1CCCC1C(=O)N1CC(O)CC1C(=O)O)OCC1c2ccccc2-c2ccccc21. The van der Waals surface area contributed by atoms with Crippen molar-refractivity contribution < 1.29 is 29.3 Å². The average molecular weight is 465 g/mol. The van der Waals surface area contributed by atoms with E-state index >= 15 is 0 Å². The monoisotopic (exact) mass is 464 g/mol. The molecule has 2 aromatic carbocycles. The van der Waals surface area contributed by atoms with Crippen LogP contribution in [0.5, 0.6) is 0 Å². The summed E-state index contributed by atoms with van der Waals surface area (Å²) in [7, 11) is 0. The van der Waals surface area contributed by atoms with Crippen LogP contribution in [0.2, 0.25) is 0 Å². The van der Waals surface area contributed by atoms with E-state index in [0.29, 0.717) is 12.8 Å². The highest BCUT2D eigenvalue weighted by atomic mass is 16.5. The fourth-order valence-corrected chi connectivity index (χ4v) is 5.72. The summed E-state index contributed by atoms with van der Waals surface area (Å²) < 4.78 is 5.62. The van der Waals surface area contributed by atoms with Gasteiger partial charge in [0.2, 0.25) is 5.91 Å². The first-order valence-electron chi connectivity index (χ1n) is 11.8. The molecule has 8 nitrogen and oxygen atoms in total. The highest BCUT2D eigenvalue weighted by Gasteiger charge is 2.44. The summed E-state index contributed by atoms with van der Waals surface area (Å²) in [6.07, 6.45) is 0.528. The van der Waals surface area contributed by atoms with E-state index in [9.17, 15) is 24.6 Å². The lowest BCUT2D eigenvalue weighted by Gasteiger charge is -2.28. The van der Waals surface area contributed by atoms with E-state index in [4.69, 9.17) is 4.74 Å². The molecule has 1 saturated heterocycles. The van der Waals surface area contributed by atoms with E-state index < -0.39 is 36.2 Å². The number of alkyl carbamates (subject to hydrolysis) is 1. The second-order valence-electron chi connectivity index (χ2n) is 9.35. The number of likely N-dealkylation sites (tertiary alicyclic amines) is 1. The summed E-state index contributed by atoms with van der Waals surface area (Å²) in [4.78, 5) is 38.6. The number of aliphatic hydroxyl groups excluding tert-OH is 1. The third-order valence-electron chi connectivity index (χ3n) is 7.33. The molecule has 1 aliphatic heterocycles. The number of aliphatic hydroxyl groups is 1. The molecule has 2 aromatic rings. The van der Waals surface area contributed by atoms with E-state index in [1.807, 2.05) is 24.3 Å². The Bertz CT molecular complexity index is 1070. The number of aliphatic carboxylic acids is 1. The van der Waals surface area contributed by atoms with E-state index in [0.717, 1.165) is 28.7 Å². The minimum Gasteiger partial charge on any atom is -0.480 e. The van der Waals surface area contributed by atoms with Crippen LogP contribution >= 0.6 is 0 Å². The molecule has 4 unspecified atom stereocenters. The Balaban J connectivity index is 1.23. The Hall–Kier alpha value is -3.39. The van der Waals surface area contributed by atoms with Gasteiger partial charge in [0.25, 0.3) is 0 Å². The topological polar surface area (TPSA) is 116 Å². The number of carbonyl (C=O) groups is 3. The molecule has 2 amide bonds. The zero-order chi connectivity index (χ0) is 23.8. The zero-order valence-corrected chi connectivity index (χ0v) is 18.7. The van der Waals surface area contributed by atoms with Crippen molar-refractivity contribution in [1.29, 1.82) is 0 Å². The number of carbonyl (C=O) groups excluding carboxylic acids is 2. The normalized spacial score (nSPS) is 25.6. The number of carboxylic acid groups (broad SMARTS) is 1. The molecular formula is C26H28N2O6. The molecule has 5 rings (SSSR count). The molecule has 8 heteroatoms. The maximum absolute atomic E-state index is 13.1. The van der Waals surface area contributed by atoms with Crippen LogP contribution in [0.25, 0.3) is 11.1 Å². The average Bonchev–Trinajstić information content (AvgIpc) is 3.53. The van der Waals surface area contributed by atoms with Gasteiger partial charge < -0.3 is 25.2 Å². The van der Waals surface area contributed by atoms with Gasteiger partial charge in [-0.3, -0.25) is 4.79 Å². The number of hydrogen-bond acceptors (Lipinski definition) is 5. The first-order valence-corrected chi connectivity index (χ1v) is 11.8. The van der Waals surface area contributed by atoms with Gasteiger partial charge in [0.1, 0.15) is 12.6 Å². The van der Waals surface area contributed by atoms with E-state index in [2.05, 4.69) is 29.6 Å². The van der Waals surface area contributed by atoms with Gasteiger partial charge in [0.15, 0.2) is 0 Å². The largest absolute Gasteiger partial charge is 0.480 e. The van der Waals surface area contributed by atoms with E-state index in [-0.39, 0.29) is 31.4 Å². The van der Waals surface area contributed by atoms with Crippen LogP contribution in [-0.2, 0) is 14.3 Å². The first-order chi connectivity index (χ1) is 16.4. The second-order valence-corrected chi connectivity index (χ2v) is 9.35. The fourth-order valence-electron chi connectivity index (χ4n) is 5.72. The summed E-state index contributed by atoms with van der Waals surface area (Å²) in [5, 5.41) is 22.2. The van der Waals surface area contributed by atoms with Gasteiger partial charge >= 0.3 is 12.1 Å². The van der Waals surface area contributed by atoms with Crippen molar-refractivity contribution in [2.24, 2.45) is 5.92 Å². The van der Waals surface area contributed by atoms with Crippen LogP contribution in [0.4, 0.5) is 4.79 Å². The van der Waals surface area contributed by atoms with Gasteiger partial charge in [-0.05, 0) is 35.1 Å². The minimum absolute atomic E-state index is 0.00393. The van der Waals surface area contributed by atoms with Crippen molar-refractivity contribution in [3.63, 3.8) is 0 Å². The van der Waals surface area contributed by atoms with E-state index in [1.165, 1.54) is 4.90 Å². The number of carboxylic acids is 1. The molecule has 2 aliphatic carbocycles. The molecule has 1 saturated carbocycles. The second kappa shape index (κ2) is 9.10. The van der Waals surface area contributed by atoms with Crippen LogP contribution in [-0.4, -0.2) is 64.4 Å². The number of ether oxygens (including phenoxy) is 1. The first kappa shape index (κ1) is 22.4. The van der Waals surface area contributed by atoms with Crippen molar-refractivity contribution in [3.8, 4) is 11.1 Å². The van der Waals surface area contributed by atoms with Crippen LogP contribution in [0.1, 0.15) is 42.7 Å². The van der Waals surface area contributed by atoms with Gasteiger partial charge in [0, 0.05) is 24.9 Å². The molecule has 1 heterocycles. The third-order valence-corrected chi connectivity index (χ3v) is 7.33. The summed E-state index contributed by atoms with van der Waals surface area (Å²) in [6, 6.07) is 14.7. The van der Waals surface area contributed by atoms with Crippen LogP contribution < -0.4 is 5.32 Å². The molecule has 3 aliphatic rings. The molecule has 0 radical (unpaired) electrons. The third kappa shape index (κ3) is 4.03. The molecule has 0 bridgehead atoms. The summed E-state index contributed by atoms with van der Waals surface area (Å²) in [5.74, 6) is -2.02. The highest BCUT2D eigenvalue weighted by molar-refractivity contribution is 5.87. The van der Waals surface area contributed by atoms with Crippen LogP contribution in [0.3, 0.4) is 0 Å². The number of benzene rings is 2. The molecule has 0 spiro atoms. The van der Waals surface area contributed by atoms with Gasteiger partial charge in [-0.25, -0.2) is 9.59 Å². The Morgan fingerprint density at radius 1 is 1.00 bits per heavy atom. The number of rotatable bonds is 5. The molecule has 178 valence electrons. The number of nitrogens with one attached hydrogen (secondary N) is 1. The standard InChI is InChI=1S/C26H28N2O6/c29-15-12-23(25(31)32)28(13-15)24(30)20-10-5-11-22(20)27-26(33)34-14-21-18-8-3-1-6-16(18)17-7-2-4-9-19(17)21/h1-4,6-9,15,20-23,29H,5,10-14H2,(H,27,33)(H,31,32). The molecule has 4 atom stereocenters. The smallest absolute Gasteiger partial charge is 0.407 e. The van der Waals surface area contributed by atoms with Gasteiger partial charge in [-0.1, -0.05) is 55.0 Å². The van der Waals surface area contributed by atoms with E-state index in [1.54, 1.807) is 0 Å². The number of nitrogens with zero attached hydrogens (tertiary/aromatic N) is 1. The molecule has 3 N–H and O–H groups in total. The predicted molar refractivity (Wildman–Crippen MR) is 123 cm³/mol. The highest BCUT2D eigenvalue weighted by Crippen LogP contribution is 2.44. The lowest BCUT2D eigenvalue weighted by Crippen LogP contribution is -2.49. The molecule has 0 aromatic heterocycles. The van der Waals surface area contributed by atoms with Gasteiger partial charge in [0.05, 0.1) is 12.0 Å². The van der Waals surface area contributed by atoms with Crippen molar-refractivity contribution in [3.05, 3.63) is 59.7 Å². The minimum atomic E-state index is -1.12. The Kier molecular flexibility index (Phi) is 6.00. The predicted octanol–water partition coefficient (Wildman–Crippen LogP) is 2.74. The Labute approximate surface area is 197 Å². The Morgan fingerprint density at radius 2 is 1.65 bits per heavy atom. The maximum atomic E-state index is 13.1. The van der Waals surface area contributed by atoms with Crippen LogP contribution in [0.15, 0.2) is 48.5 Å². The zero-order valence-electron chi connectivity index (χ0n) is 18.7. The lowest BCUT2D eigenvalue weighted by molar-refractivity contribution is -0.150. The molecule has 2 fully saturated rings. The summed E-state index contributed by atoms with van der Waals surface area (Å²) in [5.41, 5.74) is 4.54. The van der Waals surface area contributed by atoms with Crippen molar-refractivity contribution in [2.75, 3.05) is 13.2 Å². The maximum Gasteiger partial charge on any atom is 0.407 e. The number of amides is 2.